The number of anilines is 1. The van der Waals surface area contributed by atoms with Crippen LogP contribution in [0.5, 0.6) is 0 Å². The number of benzene rings is 3. The summed E-state index contributed by atoms with van der Waals surface area (Å²) in [6.07, 6.45) is -0.473. The Hall–Kier alpha value is -3.80. The van der Waals surface area contributed by atoms with Gasteiger partial charge in [0.05, 0.1) is 12.2 Å². The zero-order chi connectivity index (χ0) is 23.0. The zero-order valence-corrected chi connectivity index (χ0v) is 18.7. The van der Waals surface area contributed by atoms with Crippen molar-refractivity contribution in [1.82, 2.24) is 10.3 Å². The standard InChI is InChI=1S/C26H29N3O3/c1-26(2,3)32-25(31)27-18-20-14-16-22(17-15-20)24(30)29(19-21-10-6-4-7-11-21)28-23-12-8-5-9-13-23/h4-17,28H,18-19H2,1-3H3,(H,27,31). The lowest BCUT2D eigenvalue weighted by molar-refractivity contribution is 0.0523. The summed E-state index contributed by atoms with van der Waals surface area (Å²) >= 11 is 0. The van der Waals surface area contributed by atoms with Crippen molar-refractivity contribution in [3.05, 3.63) is 102 Å². The lowest BCUT2D eigenvalue weighted by Crippen LogP contribution is -2.35. The Bertz CT molecular complexity index is 972. The van der Waals surface area contributed by atoms with Crippen LogP contribution in [0.1, 0.15) is 42.3 Å². The highest BCUT2D eigenvalue weighted by Crippen LogP contribution is 2.15. The second-order valence-corrected chi connectivity index (χ2v) is 8.41. The minimum atomic E-state index is -0.547. The third kappa shape index (κ3) is 7.16. The quantitative estimate of drug-likeness (QED) is 0.493. The number of nitrogens with one attached hydrogen (secondary N) is 2. The maximum atomic E-state index is 13.3. The molecule has 0 fully saturated rings. The summed E-state index contributed by atoms with van der Waals surface area (Å²) in [4.78, 5) is 25.1. The minimum Gasteiger partial charge on any atom is -0.444 e. The Morgan fingerprint density at radius 3 is 2.00 bits per heavy atom. The monoisotopic (exact) mass is 431 g/mol. The Morgan fingerprint density at radius 2 is 1.41 bits per heavy atom. The zero-order valence-electron chi connectivity index (χ0n) is 18.7. The van der Waals surface area contributed by atoms with Crippen LogP contribution >= 0.6 is 0 Å². The van der Waals surface area contributed by atoms with E-state index in [0.29, 0.717) is 18.7 Å². The summed E-state index contributed by atoms with van der Waals surface area (Å²) < 4.78 is 5.25. The number of hydrogen-bond donors (Lipinski definition) is 2. The van der Waals surface area contributed by atoms with E-state index in [1.165, 1.54) is 0 Å². The first-order valence-electron chi connectivity index (χ1n) is 10.5. The smallest absolute Gasteiger partial charge is 0.407 e. The molecule has 0 saturated heterocycles. The highest BCUT2D eigenvalue weighted by atomic mass is 16.6. The molecule has 0 radical (unpaired) electrons. The molecule has 0 spiro atoms. The molecular formula is C26H29N3O3. The Morgan fingerprint density at radius 1 is 0.812 bits per heavy atom. The second kappa shape index (κ2) is 10.5. The summed E-state index contributed by atoms with van der Waals surface area (Å²) in [5.41, 5.74) is 5.93. The number of amides is 2. The summed E-state index contributed by atoms with van der Waals surface area (Å²) in [5, 5.41) is 4.32. The Labute approximate surface area is 189 Å². The molecule has 0 aliphatic rings. The number of para-hydroxylation sites is 1. The largest absolute Gasteiger partial charge is 0.444 e. The third-order valence-corrected chi connectivity index (χ3v) is 4.50. The summed E-state index contributed by atoms with van der Waals surface area (Å²) in [5.74, 6) is -0.149. The van der Waals surface area contributed by atoms with Crippen molar-refractivity contribution >= 4 is 17.7 Å². The van der Waals surface area contributed by atoms with Crippen molar-refractivity contribution in [1.29, 1.82) is 0 Å². The van der Waals surface area contributed by atoms with E-state index < -0.39 is 11.7 Å². The molecule has 0 heterocycles. The SMILES string of the molecule is CC(C)(C)OC(=O)NCc1ccc(C(=O)N(Cc2ccccc2)Nc2ccccc2)cc1. The van der Waals surface area contributed by atoms with Gasteiger partial charge < -0.3 is 10.1 Å². The first-order valence-corrected chi connectivity index (χ1v) is 10.5. The van der Waals surface area contributed by atoms with Crippen LogP contribution in [0.4, 0.5) is 10.5 Å². The van der Waals surface area contributed by atoms with Gasteiger partial charge in [-0.3, -0.25) is 10.2 Å². The van der Waals surface area contributed by atoms with Crippen LogP contribution in [0.15, 0.2) is 84.9 Å². The number of hydrazine groups is 1. The fourth-order valence-electron chi connectivity index (χ4n) is 3.01. The van der Waals surface area contributed by atoms with E-state index in [1.807, 2.05) is 93.6 Å². The molecule has 0 aliphatic heterocycles. The van der Waals surface area contributed by atoms with Gasteiger partial charge in [-0.2, -0.15) is 0 Å². The van der Waals surface area contributed by atoms with Crippen molar-refractivity contribution in [3.63, 3.8) is 0 Å². The van der Waals surface area contributed by atoms with Crippen LogP contribution in [0.3, 0.4) is 0 Å². The molecule has 32 heavy (non-hydrogen) atoms. The van der Waals surface area contributed by atoms with Gasteiger partial charge in [-0.05, 0) is 56.2 Å². The first-order chi connectivity index (χ1) is 15.3. The molecule has 0 atom stereocenters. The van der Waals surface area contributed by atoms with E-state index in [9.17, 15) is 9.59 Å². The molecule has 166 valence electrons. The number of rotatable bonds is 7. The highest BCUT2D eigenvalue weighted by Gasteiger charge is 2.18. The van der Waals surface area contributed by atoms with Gasteiger partial charge in [-0.15, -0.1) is 0 Å². The molecule has 0 unspecified atom stereocenters. The fraction of sp³-hybridized carbons (Fsp3) is 0.231. The van der Waals surface area contributed by atoms with Gasteiger partial charge in [0.1, 0.15) is 5.60 Å². The maximum absolute atomic E-state index is 13.3. The number of hydrogen-bond acceptors (Lipinski definition) is 4. The average Bonchev–Trinajstić information content (AvgIpc) is 2.77. The van der Waals surface area contributed by atoms with E-state index in [-0.39, 0.29) is 5.91 Å². The van der Waals surface area contributed by atoms with Gasteiger partial charge in [-0.1, -0.05) is 60.7 Å². The molecule has 0 bridgehead atoms. The number of ether oxygens (including phenoxy) is 1. The number of carbonyl (C=O) groups excluding carboxylic acids is 2. The van der Waals surface area contributed by atoms with Crippen molar-refractivity contribution in [2.45, 2.75) is 39.5 Å². The number of carbonyl (C=O) groups is 2. The van der Waals surface area contributed by atoms with E-state index in [0.717, 1.165) is 16.8 Å². The molecule has 0 saturated carbocycles. The molecule has 0 aliphatic carbocycles. The van der Waals surface area contributed by atoms with Gasteiger partial charge in [0, 0.05) is 12.1 Å². The first kappa shape index (κ1) is 22.9. The van der Waals surface area contributed by atoms with Crippen LogP contribution in [0.25, 0.3) is 0 Å². The number of nitrogens with zero attached hydrogens (tertiary/aromatic N) is 1. The average molecular weight is 432 g/mol. The van der Waals surface area contributed by atoms with E-state index in [2.05, 4.69) is 10.7 Å². The van der Waals surface area contributed by atoms with Gasteiger partial charge >= 0.3 is 6.09 Å². The van der Waals surface area contributed by atoms with Crippen LogP contribution in [-0.2, 0) is 17.8 Å². The molecule has 2 N–H and O–H groups in total. The van der Waals surface area contributed by atoms with E-state index >= 15 is 0 Å². The lowest BCUT2D eigenvalue weighted by Gasteiger charge is -2.25. The van der Waals surface area contributed by atoms with Gasteiger partial charge in [0.15, 0.2) is 0 Å². The highest BCUT2D eigenvalue weighted by molar-refractivity contribution is 5.95. The molecule has 3 aromatic rings. The summed E-state index contributed by atoms with van der Waals surface area (Å²) in [6, 6.07) is 26.6. The van der Waals surface area contributed by atoms with Gasteiger partial charge in [-0.25, -0.2) is 9.80 Å². The molecule has 3 aromatic carbocycles. The number of alkyl carbamates (subject to hydrolysis) is 1. The predicted molar refractivity (Wildman–Crippen MR) is 126 cm³/mol. The van der Waals surface area contributed by atoms with Crippen LogP contribution < -0.4 is 10.7 Å². The van der Waals surface area contributed by atoms with Crippen molar-refractivity contribution < 1.29 is 14.3 Å². The topological polar surface area (TPSA) is 70.7 Å². The van der Waals surface area contributed by atoms with Crippen molar-refractivity contribution in [2.75, 3.05) is 5.43 Å². The fourth-order valence-corrected chi connectivity index (χ4v) is 3.01. The van der Waals surface area contributed by atoms with Crippen molar-refractivity contribution in [3.8, 4) is 0 Å². The molecule has 6 heteroatoms. The van der Waals surface area contributed by atoms with Crippen LogP contribution in [0.2, 0.25) is 0 Å². The van der Waals surface area contributed by atoms with Gasteiger partial charge in [0.25, 0.3) is 5.91 Å². The second-order valence-electron chi connectivity index (χ2n) is 8.41. The lowest BCUT2D eigenvalue weighted by atomic mass is 10.1. The predicted octanol–water partition coefficient (Wildman–Crippen LogP) is 5.38. The van der Waals surface area contributed by atoms with E-state index in [4.69, 9.17) is 4.74 Å². The molecule has 2 amide bonds. The Kier molecular flexibility index (Phi) is 7.49. The molecule has 0 aromatic heterocycles. The molecule has 3 rings (SSSR count). The van der Waals surface area contributed by atoms with Crippen LogP contribution in [0, 0.1) is 0 Å². The normalized spacial score (nSPS) is 10.8. The van der Waals surface area contributed by atoms with Crippen molar-refractivity contribution in [2.24, 2.45) is 0 Å². The maximum Gasteiger partial charge on any atom is 0.407 e. The summed E-state index contributed by atoms with van der Waals surface area (Å²) in [7, 11) is 0. The minimum absolute atomic E-state index is 0.149. The van der Waals surface area contributed by atoms with E-state index in [1.54, 1.807) is 17.1 Å². The summed E-state index contributed by atoms with van der Waals surface area (Å²) in [6.45, 7) is 6.18. The third-order valence-electron chi connectivity index (χ3n) is 4.50. The van der Waals surface area contributed by atoms with Crippen LogP contribution in [-0.4, -0.2) is 22.6 Å². The van der Waals surface area contributed by atoms with Gasteiger partial charge in [0.2, 0.25) is 0 Å². The Balaban J connectivity index is 1.69. The molecular weight excluding hydrogens is 402 g/mol. The molecule has 6 nitrogen and oxygen atoms in total.